The van der Waals surface area contributed by atoms with E-state index in [2.05, 4.69) is 10.3 Å². The first-order valence-corrected chi connectivity index (χ1v) is 9.03. The third-order valence-electron chi connectivity index (χ3n) is 4.04. The van der Waals surface area contributed by atoms with Crippen LogP contribution in [0.5, 0.6) is 0 Å². The van der Waals surface area contributed by atoms with Crippen LogP contribution in [-0.4, -0.2) is 15.9 Å². The van der Waals surface area contributed by atoms with E-state index in [4.69, 9.17) is 4.98 Å². The average molecular weight is 357 g/mol. The number of carbonyl (C=O) groups excluding carboxylic acids is 1. The second-order valence-corrected chi connectivity index (χ2v) is 6.61. The number of nitrogens with one attached hydrogen (secondary N) is 1. The summed E-state index contributed by atoms with van der Waals surface area (Å²) < 4.78 is 0. The van der Waals surface area contributed by atoms with Gasteiger partial charge in [0.1, 0.15) is 5.69 Å². The van der Waals surface area contributed by atoms with Crippen LogP contribution in [0.2, 0.25) is 0 Å². The zero-order valence-corrected chi connectivity index (χ0v) is 15.6. The van der Waals surface area contributed by atoms with E-state index < -0.39 is 0 Å². The second-order valence-electron chi connectivity index (χ2n) is 6.61. The fourth-order valence-corrected chi connectivity index (χ4v) is 2.72. The first-order valence-electron chi connectivity index (χ1n) is 9.03. The number of allylic oxidation sites excluding steroid dienone is 1. The molecule has 0 aliphatic heterocycles. The molecule has 4 nitrogen and oxygen atoms in total. The summed E-state index contributed by atoms with van der Waals surface area (Å²) in [4.78, 5) is 21.5. The second kappa shape index (κ2) is 8.90. The summed E-state index contributed by atoms with van der Waals surface area (Å²) in [6, 6.07) is 19.9. The third kappa shape index (κ3) is 5.35. The van der Waals surface area contributed by atoms with Crippen LogP contribution >= 0.6 is 0 Å². The Morgan fingerprint density at radius 3 is 2.33 bits per heavy atom. The summed E-state index contributed by atoms with van der Waals surface area (Å²) in [6.07, 6.45) is 4.73. The minimum Gasteiger partial charge on any atom is -0.309 e. The molecule has 0 saturated heterocycles. The summed E-state index contributed by atoms with van der Waals surface area (Å²) in [5.41, 5.74) is 4.68. The summed E-state index contributed by atoms with van der Waals surface area (Å²) in [7, 11) is 0. The van der Waals surface area contributed by atoms with Crippen LogP contribution in [0.15, 0.2) is 72.4 Å². The van der Waals surface area contributed by atoms with E-state index in [-0.39, 0.29) is 5.91 Å². The number of hydrogen-bond acceptors (Lipinski definition) is 3. The van der Waals surface area contributed by atoms with Crippen molar-refractivity contribution in [3.63, 3.8) is 0 Å². The van der Waals surface area contributed by atoms with E-state index >= 15 is 0 Å². The SMILES string of the molecule is CC(C)=Cc1nc(-c2ccccc2)cnc1NC(=O)CCc1ccccc1. The Balaban J connectivity index is 1.77. The van der Waals surface area contributed by atoms with Gasteiger partial charge in [0, 0.05) is 12.0 Å². The minimum absolute atomic E-state index is 0.0657. The molecule has 0 radical (unpaired) electrons. The van der Waals surface area contributed by atoms with Crippen molar-refractivity contribution < 1.29 is 4.79 Å². The molecule has 0 aliphatic carbocycles. The number of hydrogen-bond donors (Lipinski definition) is 1. The standard InChI is InChI=1S/C23H23N3O/c1-17(2)15-20-23(24-16-21(25-20)19-11-7-4-8-12-19)26-22(27)14-13-18-9-5-3-6-10-18/h3-12,15-16H,13-14H2,1-2H3,(H,24,26,27). The number of nitrogens with zero attached hydrogens (tertiary/aromatic N) is 2. The van der Waals surface area contributed by atoms with Gasteiger partial charge in [-0.25, -0.2) is 9.97 Å². The minimum atomic E-state index is -0.0657. The lowest BCUT2D eigenvalue weighted by atomic mass is 10.1. The molecule has 1 heterocycles. The maximum absolute atomic E-state index is 12.4. The molecular formula is C23H23N3O. The lowest BCUT2D eigenvalue weighted by molar-refractivity contribution is -0.116. The lowest BCUT2D eigenvalue weighted by Crippen LogP contribution is -2.15. The number of amides is 1. The highest BCUT2D eigenvalue weighted by Gasteiger charge is 2.11. The van der Waals surface area contributed by atoms with E-state index in [1.165, 1.54) is 0 Å². The van der Waals surface area contributed by atoms with Gasteiger partial charge in [0.2, 0.25) is 5.91 Å². The van der Waals surface area contributed by atoms with Gasteiger partial charge in [0.05, 0.1) is 11.9 Å². The molecule has 0 bridgehead atoms. The number of carbonyl (C=O) groups is 1. The number of rotatable bonds is 6. The zero-order valence-electron chi connectivity index (χ0n) is 15.6. The molecule has 3 rings (SSSR count). The van der Waals surface area contributed by atoms with E-state index in [9.17, 15) is 4.79 Å². The van der Waals surface area contributed by atoms with Gasteiger partial charge >= 0.3 is 0 Å². The summed E-state index contributed by atoms with van der Waals surface area (Å²) in [5, 5.41) is 2.91. The monoisotopic (exact) mass is 357 g/mol. The van der Waals surface area contributed by atoms with Crippen LogP contribution < -0.4 is 5.32 Å². The fraction of sp³-hybridized carbons (Fsp3) is 0.174. The number of aromatic nitrogens is 2. The topological polar surface area (TPSA) is 54.9 Å². The first-order chi connectivity index (χ1) is 13.1. The number of aryl methyl sites for hydroxylation is 1. The quantitative estimate of drug-likeness (QED) is 0.665. The summed E-state index contributed by atoms with van der Waals surface area (Å²) in [5.74, 6) is 0.429. The maximum Gasteiger partial charge on any atom is 0.225 e. The Morgan fingerprint density at radius 1 is 1.00 bits per heavy atom. The van der Waals surface area contributed by atoms with Gasteiger partial charge in [-0.3, -0.25) is 4.79 Å². The van der Waals surface area contributed by atoms with E-state index in [1.807, 2.05) is 80.6 Å². The molecular weight excluding hydrogens is 334 g/mol. The van der Waals surface area contributed by atoms with Crippen LogP contribution in [0.4, 0.5) is 5.82 Å². The van der Waals surface area contributed by atoms with E-state index in [0.717, 1.165) is 22.4 Å². The average Bonchev–Trinajstić information content (AvgIpc) is 2.69. The normalized spacial score (nSPS) is 10.3. The molecule has 1 aromatic heterocycles. The highest BCUT2D eigenvalue weighted by atomic mass is 16.1. The fourth-order valence-electron chi connectivity index (χ4n) is 2.72. The molecule has 3 aromatic rings. The molecule has 136 valence electrons. The lowest BCUT2D eigenvalue weighted by Gasteiger charge is -2.10. The Labute approximate surface area is 160 Å². The van der Waals surface area contributed by atoms with E-state index in [1.54, 1.807) is 6.20 Å². The van der Waals surface area contributed by atoms with Crippen molar-refractivity contribution in [3.05, 3.63) is 83.7 Å². The van der Waals surface area contributed by atoms with Crippen LogP contribution in [0.3, 0.4) is 0 Å². The Kier molecular flexibility index (Phi) is 6.10. The Bertz CT molecular complexity index is 930. The van der Waals surface area contributed by atoms with E-state index in [0.29, 0.717) is 24.4 Å². The van der Waals surface area contributed by atoms with Gasteiger partial charge in [-0.05, 0) is 31.9 Å². The molecule has 0 unspecified atom stereocenters. The highest BCUT2D eigenvalue weighted by Crippen LogP contribution is 2.21. The number of benzene rings is 2. The maximum atomic E-state index is 12.4. The van der Waals surface area contributed by atoms with Gasteiger partial charge < -0.3 is 5.32 Å². The van der Waals surface area contributed by atoms with Crippen molar-refractivity contribution in [1.29, 1.82) is 0 Å². The summed E-state index contributed by atoms with van der Waals surface area (Å²) >= 11 is 0. The first kappa shape index (κ1) is 18.5. The van der Waals surface area contributed by atoms with Crippen molar-refractivity contribution in [1.82, 2.24) is 9.97 Å². The van der Waals surface area contributed by atoms with Gasteiger partial charge in [-0.2, -0.15) is 0 Å². The van der Waals surface area contributed by atoms with Gasteiger partial charge in [0.25, 0.3) is 0 Å². The number of anilines is 1. The molecule has 4 heteroatoms. The molecule has 1 amide bonds. The van der Waals surface area contributed by atoms with Crippen molar-refractivity contribution in [2.45, 2.75) is 26.7 Å². The highest BCUT2D eigenvalue weighted by molar-refractivity contribution is 5.91. The van der Waals surface area contributed by atoms with Crippen molar-refractivity contribution in [2.75, 3.05) is 5.32 Å². The molecule has 1 N–H and O–H groups in total. The smallest absolute Gasteiger partial charge is 0.225 e. The van der Waals surface area contributed by atoms with Crippen LogP contribution in [0.1, 0.15) is 31.5 Å². The van der Waals surface area contributed by atoms with Crippen LogP contribution in [-0.2, 0) is 11.2 Å². The van der Waals surface area contributed by atoms with Crippen molar-refractivity contribution in [2.24, 2.45) is 0 Å². The predicted molar refractivity (Wildman–Crippen MR) is 110 cm³/mol. The van der Waals surface area contributed by atoms with Gasteiger partial charge in [-0.1, -0.05) is 66.2 Å². The molecule has 2 aromatic carbocycles. The summed E-state index contributed by atoms with van der Waals surface area (Å²) in [6.45, 7) is 4.00. The Morgan fingerprint density at radius 2 is 1.67 bits per heavy atom. The molecule has 0 saturated carbocycles. The van der Waals surface area contributed by atoms with Crippen molar-refractivity contribution in [3.8, 4) is 11.3 Å². The van der Waals surface area contributed by atoms with Crippen LogP contribution in [0, 0.1) is 0 Å². The predicted octanol–water partition coefficient (Wildman–Crippen LogP) is 5.14. The Hall–Kier alpha value is -3.27. The zero-order chi connectivity index (χ0) is 19.1. The molecule has 0 spiro atoms. The van der Waals surface area contributed by atoms with Gasteiger partial charge in [0.15, 0.2) is 5.82 Å². The molecule has 0 fully saturated rings. The third-order valence-corrected chi connectivity index (χ3v) is 4.04. The molecule has 0 aliphatic rings. The van der Waals surface area contributed by atoms with Crippen molar-refractivity contribution >= 4 is 17.8 Å². The largest absolute Gasteiger partial charge is 0.309 e. The molecule has 27 heavy (non-hydrogen) atoms. The van der Waals surface area contributed by atoms with Crippen LogP contribution in [0.25, 0.3) is 17.3 Å². The molecule has 0 atom stereocenters. The van der Waals surface area contributed by atoms with Gasteiger partial charge in [-0.15, -0.1) is 0 Å².